The standard InChI is InChI=1S/C16H23N3O4/c1-11(18-16(21)17-7-3-4-8-22-2)12-5-6-14-13(9-12)19-15(20)10-23-14/h5-6,9,11H,3-4,7-8,10H2,1-2H3,(H,19,20)(H2,17,18,21)/t11-/m1/s1. The second-order valence-corrected chi connectivity index (χ2v) is 5.41. The number of anilines is 1. The lowest BCUT2D eigenvalue weighted by atomic mass is 10.1. The number of fused-ring (bicyclic) bond motifs is 1. The lowest BCUT2D eigenvalue weighted by Gasteiger charge is -2.21. The minimum absolute atomic E-state index is 0.0334. The topological polar surface area (TPSA) is 88.7 Å². The van der Waals surface area contributed by atoms with E-state index in [1.807, 2.05) is 19.1 Å². The molecule has 1 atom stereocenters. The summed E-state index contributed by atoms with van der Waals surface area (Å²) in [5, 5.41) is 8.44. The molecule has 1 aromatic rings. The molecule has 3 amide bonds. The summed E-state index contributed by atoms with van der Waals surface area (Å²) in [6, 6.07) is 5.09. The Hall–Kier alpha value is -2.28. The first-order valence-electron chi connectivity index (χ1n) is 7.70. The van der Waals surface area contributed by atoms with Crippen LogP contribution in [0.2, 0.25) is 0 Å². The number of carbonyl (C=O) groups is 2. The Morgan fingerprint density at radius 3 is 3.04 bits per heavy atom. The molecule has 1 aliphatic heterocycles. The minimum Gasteiger partial charge on any atom is -0.482 e. The highest BCUT2D eigenvalue weighted by Crippen LogP contribution is 2.30. The molecule has 3 N–H and O–H groups in total. The van der Waals surface area contributed by atoms with E-state index in [9.17, 15) is 9.59 Å². The van der Waals surface area contributed by atoms with Gasteiger partial charge in [0.1, 0.15) is 5.75 Å². The molecule has 0 aliphatic carbocycles. The first kappa shape index (κ1) is 17.1. The van der Waals surface area contributed by atoms with Gasteiger partial charge in [0.2, 0.25) is 0 Å². The zero-order valence-corrected chi connectivity index (χ0v) is 13.5. The van der Waals surface area contributed by atoms with E-state index in [4.69, 9.17) is 9.47 Å². The molecular weight excluding hydrogens is 298 g/mol. The molecule has 0 radical (unpaired) electrons. The number of hydrogen-bond donors (Lipinski definition) is 3. The molecule has 1 aromatic carbocycles. The van der Waals surface area contributed by atoms with Gasteiger partial charge in [-0.05, 0) is 37.5 Å². The molecular formula is C16H23N3O4. The number of unbranched alkanes of at least 4 members (excludes halogenated alkanes) is 1. The predicted octanol–water partition coefficient (Wildman–Crippen LogP) is 1.80. The van der Waals surface area contributed by atoms with Gasteiger partial charge < -0.3 is 25.4 Å². The number of methoxy groups -OCH3 is 1. The fourth-order valence-corrected chi connectivity index (χ4v) is 2.27. The number of benzene rings is 1. The Kier molecular flexibility index (Phi) is 6.22. The SMILES string of the molecule is COCCCCNC(=O)N[C@H](C)c1ccc2c(c1)NC(=O)CO2. The van der Waals surface area contributed by atoms with Gasteiger partial charge in [-0.1, -0.05) is 6.07 Å². The van der Waals surface area contributed by atoms with E-state index in [0.29, 0.717) is 24.6 Å². The Balaban J connectivity index is 1.83. The lowest BCUT2D eigenvalue weighted by Crippen LogP contribution is -2.37. The number of nitrogens with one attached hydrogen (secondary N) is 3. The van der Waals surface area contributed by atoms with Crippen LogP contribution in [0.5, 0.6) is 5.75 Å². The van der Waals surface area contributed by atoms with Crippen molar-refractivity contribution < 1.29 is 19.1 Å². The van der Waals surface area contributed by atoms with Crippen LogP contribution in [0, 0.1) is 0 Å². The van der Waals surface area contributed by atoms with E-state index in [0.717, 1.165) is 18.4 Å². The predicted molar refractivity (Wildman–Crippen MR) is 86.6 cm³/mol. The molecule has 23 heavy (non-hydrogen) atoms. The van der Waals surface area contributed by atoms with Crippen molar-refractivity contribution in [2.75, 3.05) is 32.2 Å². The molecule has 0 saturated carbocycles. The molecule has 0 spiro atoms. The number of ether oxygens (including phenoxy) is 2. The number of amides is 3. The molecule has 7 nitrogen and oxygen atoms in total. The molecule has 1 heterocycles. The second-order valence-electron chi connectivity index (χ2n) is 5.41. The van der Waals surface area contributed by atoms with Crippen LogP contribution in [0.15, 0.2) is 18.2 Å². The van der Waals surface area contributed by atoms with Crippen molar-refractivity contribution in [2.24, 2.45) is 0 Å². The van der Waals surface area contributed by atoms with Crippen molar-refractivity contribution in [1.82, 2.24) is 10.6 Å². The molecule has 126 valence electrons. The van der Waals surface area contributed by atoms with E-state index in [1.54, 1.807) is 13.2 Å². The smallest absolute Gasteiger partial charge is 0.315 e. The zero-order valence-electron chi connectivity index (χ0n) is 13.5. The minimum atomic E-state index is -0.215. The van der Waals surface area contributed by atoms with Gasteiger partial charge in [0, 0.05) is 20.3 Å². The summed E-state index contributed by atoms with van der Waals surface area (Å²) >= 11 is 0. The molecule has 0 bridgehead atoms. The van der Waals surface area contributed by atoms with Gasteiger partial charge in [0.15, 0.2) is 6.61 Å². The molecule has 0 aromatic heterocycles. The Morgan fingerprint density at radius 1 is 1.43 bits per heavy atom. The Bertz CT molecular complexity index is 562. The average molecular weight is 321 g/mol. The van der Waals surface area contributed by atoms with Crippen LogP contribution < -0.4 is 20.7 Å². The van der Waals surface area contributed by atoms with Gasteiger partial charge in [-0.15, -0.1) is 0 Å². The van der Waals surface area contributed by atoms with Crippen LogP contribution in [0.1, 0.15) is 31.4 Å². The molecule has 7 heteroatoms. The zero-order chi connectivity index (χ0) is 16.7. The maximum atomic E-state index is 11.9. The number of carbonyl (C=O) groups excluding carboxylic acids is 2. The van der Waals surface area contributed by atoms with E-state index in [1.165, 1.54) is 0 Å². The fourth-order valence-electron chi connectivity index (χ4n) is 2.27. The van der Waals surface area contributed by atoms with E-state index in [-0.39, 0.29) is 24.6 Å². The number of hydrogen-bond acceptors (Lipinski definition) is 4. The van der Waals surface area contributed by atoms with E-state index in [2.05, 4.69) is 16.0 Å². The monoisotopic (exact) mass is 321 g/mol. The van der Waals surface area contributed by atoms with Crippen molar-refractivity contribution in [3.63, 3.8) is 0 Å². The molecule has 0 saturated heterocycles. The summed E-state index contributed by atoms with van der Waals surface area (Å²) in [5.74, 6) is 0.465. The van der Waals surface area contributed by atoms with Crippen LogP contribution in [0.25, 0.3) is 0 Å². The van der Waals surface area contributed by atoms with Gasteiger partial charge in [-0.25, -0.2) is 4.79 Å². The molecule has 1 aliphatic rings. The van der Waals surface area contributed by atoms with Crippen LogP contribution in [0.3, 0.4) is 0 Å². The average Bonchev–Trinajstić information content (AvgIpc) is 2.53. The lowest BCUT2D eigenvalue weighted by molar-refractivity contribution is -0.118. The third-order valence-electron chi connectivity index (χ3n) is 3.54. The van der Waals surface area contributed by atoms with Gasteiger partial charge in [-0.2, -0.15) is 0 Å². The third-order valence-corrected chi connectivity index (χ3v) is 3.54. The van der Waals surface area contributed by atoms with Crippen molar-refractivity contribution in [3.05, 3.63) is 23.8 Å². The number of urea groups is 1. The van der Waals surface area contributed by atoms with Crippen LogP contribution in [0.4, 0.5) is 10.5 Å². The van der Waals surface area contributed by atoms with E-state index < -0.39 is 0 Å². The highest BCUT2D eigenvalue weighted by molar-refractivity contribution is 5.95. The first-order valence-corrected chi connectivity index (χ1v) is 7.70. The summed E-state index contributed by atoms with van der Waals surface area (Å²) in [6.45, 7) is 3.22. The molecule has 0 unspecified atom stereocenters. The van der Waals surface area contributed by atoms with Crippen molar-refractivity contribution in [2.45, 2.75) is 25.8 Å². The normalized spacial score (nSPS) is 14.3. The Labute approximate surface area is 135 Å². The van der Waals surface area contributed by atoms with Crippen molar-refractivity contribution in [3.8, 4) is 5.75 Å². The summed E-state index contributed by atoms with van der Waals surface area (Å²) < 4.78 is 10.3. The number of rotatable bonds is 7. The second kappa shape index (κ2) is 8.38. The van der Waals surface area contributed by atoms with E-state index >= 15 is 0 Å². The van der Waals surface area contributed by atoms with Crippen LogP contribution in [-0.4, -0.2) is 38.8 Å². The van der Waals surface area contributed by atoms with Crippen LogP contribution >= 0.6 is 0 Å². The van der Waals surface area contributed by atoms with Crippen LogP contribution in [-0.2, 0) is 9.53 Å². The first-order chi connectivity index (χ1) is 11.1. The van der Waals surface area contributed by atoms with Gasteiger partial charge in [0.05, 0.1) is 11.7 Å². The van der Waals surface area contributed by atoms with Gasteiger partial charge in [0.25, 0.3) is 5.91 Å². The molecule has 0 fully saturated rings. The highest BCUT2D eigenvalue weighted by atomic mass is 16.5. The maximum Gasteiger partial charge on any atom is 0.315 e. The maximum absolute atomic E-state index is 11.9. The van der Waals surface area contributed by atoms with Gasteiger partial charge >= 0.3 is 6.03 Å². The summed E-state index contributed by atoms with van der Waals surface area (Å²) in [6.07, 6.45) is 1.79. The van der Waals surface area contributed by atoms with Gasteiger partial charge in [-0.3, -0.25) is 4.79 Å². The fraction of sp³-hybridized carbons (Fsp3) is 0.500. The van der Waals surface area contributed by atoms with Crippen molar-refractivity contribution >= 4 is 17.6 Å². The van der Waals surface area contributed by atoms with Crippen molar-refractivity contribution in [1.29, 1.82) is 0 Å². The Morgan fingerprint density at radius 2 is 2.26 bits per heavy atom. The summed E-state index contributed by atoms with van der Waals surface area (Å²) in [7, 11) is 1.66. The highest BCUT2D eigenvalue weighted by Gasteiger charge is 2.18. The summed E-state index contributed by atoms with van der Waals surface area (Å²) in [4.78, 5) is 23.2. The quantitative estimate of drug-likeness (QED) is 0.668. The molecule has 2 rings (SSSR count). The summed E-state index contributed by atoms with van der Waals surface area (Å²) in [5.41, 5.74) is 1.52. The largest absolute Gasteiger partial charge is 0.482 e. The third kappa shape index (κ3) is 5.14.